The fourth-order valence-corrected chi connectivity index (χ4v) is 2.36. The molecule has 0 bridgehead atoms. The van der Waals surface area contributed by atoms with Crippen molar-refractivity contribution >= 4 is 21.9 Å². The highest BCUT2D eigenvalue weighted by Crippen LogP contribution is 1.96. The van der Waals surface area contributed by atoms with Crippen molar-refractivity contribution in [1.29, 1.82) is 0 Å². The molecule has 0 saturated heterocycles. The van der Waals surface area contributed by atoms with Gasteiger partial charge in [0.25, 0.3) is 0 Å². The molecule has 0 atom stereocenters. The van der Waals surface area contributed by atoms with Crippen LogP contribution in [0.2, 0.25) is 0 Å². The van der Waals surface area contributed by atoms with Crippen LogP contribution in [0.5, 0.6) is 0 Å². The molecule has 0 unspecified atom stereocenters. The van der Waals surface area contributed by atoms with Crippen molar-refractivity contribution in [3.63, 3.8) is 0 Å². The van der Waals surface area contributed by atoms with Crippen molar-refractivity contribution in [3.05, 3.63) is 0 Å². The Morgan fingerprint density at radius 3 is 1.21 bits per heavy atom. The van der Waals surface area contributed by atoms with E-state index in [1.165, 1.54) is 0 Å². The number of halogens is 1. The normalized spacial score (nSPS) is 10.3. The third-order valence-electron chi connectivity index (χ3n) is 1.37. The molecule has 0 fully saturated rings. The lowest BCUT2D eigenvalue weighted by Crippen LogP contribution is -2.28. The average molecular weight is 243 g/mol. The van der Waals surface area contributed by atoms with Crippen molar-refractivity contribution in [2.24, 2.45) is 0 Å². The van der Waals surface area contributed by atoms with Gasteiger partial charge in [-0.15, -0.1) is 12.4 Å². The highest BCUT2D eigenvalue weighted by molar-refractivity contribution is 6.36. The Hall–Kier alpha value is 0.387. The Morgan fingerprint density at radius 2 is 1.00 bits per heavy atom. The molecule has 14 heavy (non-hydrogen) atoms. The monoisotopic (exact) mass is 242 g/mol. The molecule has 88 valence electrons. The fraction of sp³-hybridized carbons (Fsp3) is 1.00. The zero-order valence-electron chi connectivity index (χ0n) is 9.45. The summed E-state index contributed by atoms with van der Waals surface area (Å²) in [5.41, 5.74) is 0. The fourth-order valence-electron chi connectivity index (χ4n) is 0.787. The first-order valence-corrected chi connectivity index (χ1v) is 6.61. The maximum Gasteiger partial charge on any atom is 0.484 e. The molecule has 0 radical (unpaired) electrons. The van der Waals surface area contributed by atoms with E-state index < -0.39 is 9.53 Å². The van der Waals surface area contributed by atoms with Gasteiger partial charge in [-0.3, -0.25) is 0 Å². The van der Waals surface area contributed by atoms with E-state index in [1.807, 2.05) is 0 Å². The van der Waals surface area contributed by atoms with E-state index in [0.29, 0.717) is 0 Å². The van der Waals surface area contributed by atoms with Gasteiger partial charge in [-0.1, -0.05) is 20.8 Å². The van der Waals surface area contributed by atoms with Crippen LogP contribution in [0.3, 0.4) is 0 Å². The molecule has 5 heteroatoms. The maximum atomic E-state index is 5.49. The summed E-state index contributed by atoms with van der Waals surface area (Å²) in [6.07, 6.45) is 3.07. The van der Waals surface area contributed by atoms with Crippen LogP contribution in [0.1, 0.15) is 40.0 Å². The van der Waals surface area contributed by atoms with Crippen LogP contribution in [0.4, 0.5) is 0 Å². The molecule has 0 aromatic rings. The summed E-state index contributed by atoms with van der Waals surface area (Å²) in [6.45, 7) is 8.53. The Kier molecular flexibility index (Phi) is 16.1. The van der Waals surface area contributed by atoms with E-state index in [9.17, 15) is 0 Å². The van der Waals surface area contributed by atoms with Crippen molar-refractivity contribution in [2.75, 3.05) is 19.8 Å². The summed E-state index contributed by atoms with van der Waals surface area (Å²) >= 11 is 0. The lowest BCUT2D eigenvalue weighted by molar-refractivity contribution is 0.0933. The van der Waals surface area contributed by atoms with Crippen LogP contribution >= 0.6 is 12.4 Å². The van der Waals surface area contributed by atoms with Crippen molar-refractivity contribution < 1.29 is 13.3 Å². The molecule has 0 aliphatic heterocycles. The number of hydrogen-bond donors (Lipinski definition) is 0. The lowest BCUT2D eigenvalue weighted by atomic mass is 10.5. The van der Waals surface area contributed by atoms with E-state index in [1.54, 1.807) is 0 Å². The van der Waals surface area contributed by atoms with Crippen LogP contribution in [-0.4, -0.2) is 29.3 Å². The van der Waals surface area contributed by atoms with Crippen LogP contribution in [-0.2, 0) is 13.3 Å². The first-order chi connectivity index (χ1) is 6.35. The third-order valence-corrected chi connectivity index (χ3v) is 2.90. The van der Waals surface area contributed by atoms with Gasteiger partial charge in [-0.25, -0.2) is 0 Å². The maximum absolute atomic E-state index is 5.49. The molecular weight excluding hydrogens is 220 g/mol. The van der Waals surface area contributed by atoms with E-state index in [2.05, 4.69) is 20.8 Å². The Labute approximate surface area is 95.5 Å². The van der Waals surface area contributed by atoms with Crippen LogP contribution < -0.4 is 0 Å². The van der Waals surface area contributed by atoms with Crippen molar-refractivity contribution in [1.82, 2.24) is 0 Å². The second-order valence-electron chi connectivity index (χ2n) is 2.90. The molecule has 0 spiro atoms. The number of rotatable bonds is 9. The highest BCUT2D eigenvalue weighted by atomic mass is 35.5. The molecule has 0 amide bonds. The topological polar surface area (TPSA) is 27.7 Å². The van der Waals surface area contributed by atoms with Gasteiger partial charge in [0.2, 0.25) is 0 Å². The lowest BCUT2D eigenvalue weighted by Gasteiger charge is -2.15. The van der Waals surface area contributed by atoms with E-state index in [-0.39, 0.29) is 12.4 Å². The first kappa shape index (κ1) is 16.8. The summed E-state index contributed by atoms with van der Waals surface area (Å²) in [5.74, 6) is 0. The summed E-state index contributed by atoms with van der Waals surface area (Å²) in [7, 11) is -1.79. The van der Waals surface area contributed by atoms with Crippen molar-refractivity contribution in [2.45, 2.75) is 40.0 Å². The van der Waals surface area contributed by atoms with Gasteiger partial charge in [0, 0.05) is 19.8 Å². The van der Waals surface area contributed by atoms with Gasteiger partial charge < -0.3 is 13.3 Å². The largest absolute Gasteiger partial charge is 0.484 e. The van der Waals surface area contributed by atoms with Gasteiger partial charge in [0.1, 0.15) is 0 Å². The quantitative estimate of drug-likeness (QED) is 0.582. The SMILES string of the molecule is CCCO[SiH](OCCC)OCCC.Cl. The minimum Gasteiger partial charge on any atom is -0.376 e. The first-order valence-electron chi connectivity index (χ1n) is 5.19. The van der Waals surface area contributed by atoms with Crippen LogP contribution in [0, 0.1) is 0 Å². The molecule has 0 saturated carbocycles. The predicted molar refractivity (Wildman–Crippen MR) is 63.1 cm³/mol. The summed E-state index contributed by atoms with van der Waals surface area (Å²) < 4.78 is 16.5. The van der Waals surface area contributed by atoms with Gasteiger partial charge in [0.15, 0.2) is 0 Å². The Bertz CT molecular complexity index is 87.0. The van der Waals surface area contributed by atoms with E-state index >= 15 is 0 Å². The number of hydrogen-bond acceptors (Lipinski definition) is 3. The molecule has 3 nitrogen and oxygen atoms in total. The van der Waals surface area contributed by atoms with E-state index in [0.717, 1.165) is 39.1 Å². The molecule has 0 N–H and O–H groups in total. The standard InChI is InChI=1S/C9H22O3Si.ClH/c1-4-7-10-13(11-8-5-2)12-9-6-3;/h13H,4-9H2,1-3H3;1H. The Morgan fingerprint density at radius 1 is 0.714 bits per heavy atom. The Balaban J connectivity index is 0. The molecule has 0 aliphatic rings. The zero-order valence-corrected chi connectivity index (χ0v) is 11.4. The average Bonchev–Trinajstić information content (AvgIpc) is 2.17. The predicted octanol–water partition coefficient (Wildman–Crippen LogP) is 2.41. The summed E-state index contributed by atoms with van der Waals surface area (Å²) in [4.78, 5) is 0. The second-order valence-corrected chi connectivity index (χ2v) is 4.48. The molecule has 0 aliphatic carbocycles. The van der Waals surface area contributed by atoms with Gasteiger partial charge >= 0.3 is 9.53 Å². The smallest absolute Gasteiger partial charge is 0.376 e. The highest BCUT2D eigenvalue weighted by Gasteiger charge is 2.13. The van der Waals surface area contributed by atoms with Gasteiger partial charge in [0.05, 0.1) is 0 Å². The third kappa shape index (κ3) is 10.5. The molecule has 0 aromatic heterocycles. The minimum absolute atomic E-state index is 0. The summed E-state index contributed by atoms with van der Waals surface area (Å²) in [5, 5.41) is 0. The van der Waals surface area contributed by atoms with Gasteiger partial charge in [-0.05, 0) is 19.3 Å². The second kappa shape index (κ2) is 13.4. The molecular formula is C9H23ClO3Si. The van der Waals surface area contributed by atoms with Crippen molar-refractivity contribution in [3.8, 4) is 0 Å². The molecule has 0 aromatic carbocycles. The molecule has 0 rings (SSSR count). The van der Waals surface area contributed by atoms with Crippen LogP contribution in [0.25, 0.3) is 0 Å². The minimum atomic E-state index is -1.79. The zero-order chi connectivity index (χ0) is 9.94. The van der Waals surface area contributed by atoms with Crippen LogP contribution in [0.15, 0.2) is 0 Å². The van der Waals surface area contributed by atoms with Gasteiger partial charge in [-0.2, -0.15) is 0 Å². The molecule has 0 heterocycles. The summed E-state index contributed by atoms with van der Waals surface area (Å²) in [6, 6.07) is 0. The van der Waals surface area contributed by atoms with E-state index in [4.69, 9.17) is 13.3 Å².